The first-order valence-electron chi connectivity index (χ1n) is 12.0. The van der Waals surface area contributed by atoms with Crippen LogP contribution in [0.25, 0.3) is 0 Å². The molecule has 2 rings (SSSR count). The second-order valence-corrected chi connectivity index (χ2v) is 11.1. The maximum absolute atomic E-state index is 12.8. The molecule has 4 heteroatoms. The SMILES string of the molecule is CC(C)=CCN(c1ccc(CCC(C)(C)C)cc1)C1CCN(C(=O)[C@@H](N)CC(C)C)C1. The van der Waals surface area contributed by atoms with Crippen LogP contribution in [0, 0.1) is 11.3 Å². The Morgan fingerprint density at radius 3 is 2.42 bits per heavy atom. The monoisotopic (exact) mass is 427 g/mol. The first-order chi connectivity index (χ1) is 14.5. The maximum Gasteiger partial charge on any atom is 0.239 e. The number of nitrogens with zero attached hydrogens (tertiary/aromatic N) is 2. The van der Waals surface area contributed by atoms with E-state index in [-0.39, 0.29) is 11.9 Å². The number of hydrogen-bond acceptors (Lipinski definition) is 3. The molecule has 1 aliphatic rings. The fraction of sp³-hybridized carbons (Fsp3) is 0.667. The summed E-state index contributed by atoms with van der Waals surface area (Å²) in [7, 11) is 0. The number of aryl methyl sites for hydroxylation is 1. The number of carbonyl (C=O) groups excluding carboxylic acids is 1. The molecule has 174 valence electrons. The second kappa shape index (κ2) is 11.2. The van der Waals surface area contributed by atoms with E-state index < -0.39 is 0 Å². The van der Waals surface area contributed by atoms with Gasteiger partial charge >= 0.3 is 0 Å². The van der Waals surface area contributed by atoms with Crippen molar-refractivity contribution in [2.24, 2.45) is 17.1 Å². The highest BCUT2D eigenvalue weighted by Gasteiger charge is 2.32. The summed E-state index contributed by atoms with van der Waals surface area (Å²) in [5.74, 6) is 0.541. The first-order valence-corrected chi connectivity index (χ1v) is 12.0. The fourth-order valence-corrected chi connectivity index (χ4v) is 4.16. The van der Waals surface area contributed by atoms with E-state index >= 15 is 0 Å². The van der Waals surface area contributed by atoms with Gasteiger partial charge in [0.05, 0.1) is 6.04 Å². The van der Waals surface area contributed by atoms with Crippen LogP contribution in [0.1, 0.15) is 73.3 Å². The summed E-state index contributed by atoms with van der Waals surface area (Å²) in [4.78, 5) is 17.3. The number of amides is 1. The van der Waals surface area contributed by atoms with Crippen molar-refractivity contribution in [1.29, 1.82) is 0 Å². The Morgan fingerprint density at radius 1 is 1.23 bits per heavy atom. The topological polar surface area (TPSA) is 49.6 Å². The van der Waals surface area contributed by atoms with Crippen LogP contribution in [0.5, 0.6) is 0 Å². The van der Waals surface area contributed by atoms with Crippen LogP contribution < -0.4 is 10.6 Å². The molecule has 31 heavy (non-hydrogen) atoms. The lowest BCUT2D eigenvalue weighted by molar-refractivity contribution is -0.131. The quantitative estimate of drug-likeness (QED) is 0.536. The van der Waals surface area contributed by atoms with Crippen molar-refractivity contribution in [3.63, 3.8) is 0 Å². The summed E-state index contributed by atoms with van der Waals surface area (Å²) >= 11 is 0. The highest BCUT2D eigenvalue weighted by atomic mass is 16.2. The molecule has 2 atom stereocenters. The summed E-state index contributed by atoms with van der Waals surface area (Å²) < 4.78 is 0. The van der Waals surface area contributed by atoms with E-state index in [0.29, 0.717) is 17.4 Å². The Labute approximate surface area is 190 Å². The summed E-state index contributed by atoms with van der Waals surface area (Å²) in [6.07, 6.45) is 6.31. The molecule has 0 spiro atoms. The summed E-state index contributed by atoms with van der Waals surface area (Å²) in [6, 6.07) is 9.00. The Morgan fingerprint density at radius 2 is 1.87 bits per heavy atom. The van der Waals surface area contributed by atoms with Gasteiger partial charge in [-0.15, -0.1) is 0 Å². The highest BCUT2D eigenvalue weighted by molar-refractivity contribution is 5.82. The van der Waals surface area contributed by atoms with Crippen LogP contribution in [0.15, 0.2) is 35.9 Å². The average Bonchev–Trinajstić information content (AvgIpc) is 3.15. The second-order valence-electron chi connectivity index (χ2n) is 11.1. The minimum Gasteiger partial charge on any atom is -0.363 e. The molecule has 0 aliphatic carbocycles. The standard InChI is InChI=1S/C27H45N3O/c1-20(2)13-17-30(23-10-8-22(9-11-23)12-15-27(5,6)7)24-14-16-29(19-24)26(31)25(28)18-21(3)4/h8-11,13,21,24-25H,12,14-19,28H2,1-7H3/t24?,25-/m0/s1. The number of likely N-dealkylation sites (tertiary alicyclic amines) is 1. The van der Waals surface area contributed by atoms with Gasteiger partial charge in [-0.25, -0.2) is 0 Å². The van der Waals surface area contributed by atoms with Crippen LogP contribution in [0.2, 0.25) is 0 Å². The van der Waals surface area contributed by atoms with Crippen LogP contribution >= 0.6 is 0 Å². The largest absolute Gasteiger partial charge is 0.363 e. The van der Waals surface area contributed by atoms with Gasteiger partial charge in [-0.2, -0.15) is 0 Å². The summed E-state index contributed by atoms with van der Waals surface area (Å²) in [5, 5.41) is 0. The Balaban J connectivity index is 2.10. The van der Waals surface area contributed by atoms with Crippen molar-refractivity contribution in [3.8, 4) is 0 Å². The van der Waals surface area contributed by atoms with Crippen molar-refractivity contribution >= 4 is 11.6 Å². The number of benzene rings is 1. The van der Waals surface area contributed by atoms with Gasteiger partial charge in [-0.3, -0.25) is 4.79 Å². The predicted molar refractivity (Wildman–Crippen MR) is 133 cm³/mol. The Kier molecular flexibility index (Phi) is 9.17. The fourth-order valence-electron chi connectivity index (χ4n) is 4.16. The van der Waals surface area contributed by atoms with Crippen molar-refractivity contribution < 1.29 is 4.79 Å². The Bertz CT molecular complexity index is 726. The summed E-state index contributed by atoms with van der Waals surface area (Å²) in [5.41, 5.74) is 10.5. The van der Waals surface area contributed by atoms with E-state index in [0.717, 1.165) is 38.9 Å². The maximum atomic E-state index is 12.8. The van der Waals surface area contributed by atoms with E-state index in [2.05, 4.69) is 83.7 Å². The smallest absolute Gasteiger partial charge is 0.239 e. The van der Waals surface area contributed by atoms with Gasteiger partial charge < -0.3 is 15.5 Å². The summed E-state index contributed by atoms with van der Waals surface area (Å²) in [6.45, 7) is 17.8. The van der Waals surface area contributed by atoms with Crippen LogP contribution in [0.4, 0.5) is 5.69 Å². The molecule has 0 aromatic heterocycles. The third-order valence-electron chi connectivity index (χ3n) is 6.09. The van der Waals surface area contributed by atoms with Crippen molar-refractivity contribution in [3.05, 3.63) is 41.5 Å². The number of hydrogen-bond donors (Lipinski definition) is 1. The lowest BCUT2D eigenvalue weighted by atomic mass is 9.89. The average molecular weight is 428 g/mol. The minimum atomic E-state index is -0.382. The molecule has 4 nitrogen and oxygen atoms in total. The third kappa shape index (κ3) is 8.33. The number of allylic oxidation sites excluding steroid dienone is 1. The van der Waals surface area contributed by atoms with E-state index in [1.165, 1.54) is 23.2 Å². The van der Waals surface area contributed by atoms with E-state index in [4.69, 9.17) is 5.73 Å². The zero-order valence-corrected chi connectivity index (χ0v) is 20.9. The van der Waals surface area contributed by atoms with Crippen molar-refractivity contribution in [2.75, 3.05) is 24.5 Å². The van der Waals surface area contributed by atoms with Crippen molar-refractivity contribution in [2.45, 2.75) is 86.2 Å². The molecule has 1 saturated heterocycles. The van der Waals surface area contributed by atoms with Crippen LogP contribution in [-0.4, -0.2) is 42.5 Å². The van der Waals surface area contributed by atoms with Crippen LogP contribution in [-0.2, 0) is 11.2 Å². The lowest BCUT2D eigenvalue weighted by Gasteiger charge is -2.31. The normalized spacial score (nSPS) is 17.7. The van der Waals surface area contributed by atoms with Crippen LogP contribution in [0.3, 0.4) is 0 Å². The lowest BCUT2D eigenvalue weighted by Crippen LogP contribution is -2.45. The highest BCUT2D eigenvalue weighted by Crippen LogP contribution is 2.26. The van der Waals surface area contributed by atoms with Gasteiger partial charge in [0.25, 0.3) is 0 Å². The van der Waals surface area contributed by atoms with Gasteiger partial charge in [-0.1, -0.05) is 58.4 Å². The van der Waals surface area contributed by atoms with E-state index in [9.17, 15) is 4.79 Å². The zero-order valence-electron chi connectivity index (χ0n) is 20.9. The minimum absolute atomic E-state index is 0.107. The Hall–Kier alpha value is -1.81. The van der Waals surface area contributed by atoms with Gasteiger partial charge in [0.1, 0.15) is 0 Å². The molecule has 0 saturated carbocycles. The first kappa shape index (κ1) is 25.5. The van der Waals surface area contributed by atoms with Gasteiger partial charge in [0.2, 0.25) is 5.91 Å². The number of nitrogens with two attached hydrogens (primary N) is 1. The molecule has 1 fully saturated rings. The molecule has 1 heterocycles. The molecule has 2 N–H and O–H groups in total. The molecule has 1 unspecified atom stereocenters. The molecule has 0 bridgehead atoms. The molecule has 1 aromatic carbocycles. The van der Waals surface area contributed by atoms with E-state index in [1.807, 2.05) is 4.90 Å². The van der Waals surface area contributed by atoms with Gasteiger partial charge in [-0.05, 0) is 68.6 Å². The van der Waals surface area contributed by atoms with E-state index in [1.54, 1.807) is 0 Å². The molecule has 1 aromatic rings. The van der Waals surface area contributed by atoms with Gasteiger partial charge in [0, 0.05) is 31.4 Å². The number of anilines is 1. The van der Waals surface area contributed by atoms with Crippen molar-refractivity contribution in [1.82, 2.24) is 4.90 Å². The van der Waals surface area contributed by atoms with Gasteiger partial charge in [0.15, 0.2) is 0 Å². The molecule has 0 radical (unpaired) electrons. The molecular weight excluding hydrogens is 382 g/mol. The molecule has 1 aliphatic heterocycles. The third-order valence-corrected chi connectivity index (χ3v) is 6.09. The predicted octanol–water partition coefficient (Wildman–Crippen LogP) is 5.41. The zero-order chi connectivity index (χ0) is 23.2. The number of rotatable bonds is 9. The molecule has 1 amide bonds. The molecular formula is C27H45N3O. The number of carbonyl (C=O) groups is 1.